The molecule has 0 unspecified atom stereocenters. The molecule has 148 valence electrons. The molecule has 2 aromatic rings. The number of halogens is 2. The Morgan fingerprint density at radius 1 is 1.21 bits per heavy atom. The van der Waals surface area contributed by atoms with E-state index >= 15 is 0 Å². The van der Waals surface area contributed by atoms with E-state index in [1.165, 1.54) is 13.0 Å². The molecule has 2 N–H and O–H groups in total. The predicted octanol–water partition coefficient (Wildman–Crippen LogP) is 4.64. The Labute approximate surface area is 176 Å². The van der Waals surface area contributed by atoms with Gasteiger partial charge in [-0.1, -0.05) is 23.7 Å². The monoisotopic (exact) mass is 467 g/mol. The SMILES string of the molecule is CCOc1cc(C=C(NC(C)=O)C(=O)O)cc(Br)c1OCc1ccc(Cl)cc1. The molecular weight excluding hydrogens is 450 g/mol. The molecule has 6 nitrogen and oxygen atoms in total. The van der Waals surface area contributed by atoms with Gasteiger partial charge in [0.2, 0.25) is 5.91 Å². The van der Waals surface area contributed by atoms with Gasteiger partial charge in [0.25, 0.3) is 0 Å². The third-order valence-electron chi connectivity index (χ3n) is 3.48. The first-order valence-electron chi connectivity index (χ1n) is 8.36. The molecule has 28 heavy (non-hydrogen) atoms. The number of hydrogen-bond acceptors (Lipinski definition) is 4. The summed E-state index contributed by atoms with van der Waals surface area (Å²) in [5, 5.41) is 12.2. The van der Waals surface area contributed by atoms with E-state index < -0.39 is 11.9 Å². The topological polar surface area (TPSA) is 84.9 Å². The number of benzene rings is 2. The van der Waals surface area contributed by atoms with Crippen LogP contribution in [0.25, 0.3) is 6.08 Å². The fourth-order valence-electron chi connectivity index (χ4n) is 2.32. The third kappa shape index (κ3) is 6.28. The molecule has 0 radical (unpaired) electrons. The van der Waals surface area contributed by atoms with Crippen molar-refractivity contribution in [2.24, 2.45) is 0 Å². The van der Waals surface area contributed by atoms with Crippen molar-refractivity contribution in [1.29, 1.82) is 0 Å². The Morgan fingerprint density at radius 2 is 1.89 bits per heavy atom. The summed E-state index contributed by atoms with van der Waals surface area (Å²) >= 11 is 9.33. The largest absolute Gasteiger partial charge is 0.490 e. The van der Waals surface area contributed by atoms with Crippen molar-refractivity contribution in [2.75, 3.05) is 6.61 Å². The quantitative estimate of drug-likeness (QED) is 0.551. The maximum atomic E-state index is 11.3. The van der Waals surface area contributed by atoms with Gasteiger partial charge in [-0.15, -0.1) is 0 Å². The van der Waals surface area contributed by atoms with Crippen molar-refractivity contribution in [3.8, 4) is 11.5 Å². The van der Waals surface area contributed by atoms with Crippen LogP contribution < -0.4 is 14.8 Å². The van der Waals surface area contributed by atoms with Crippen molar-refractivity contribution in [2.45, 2.75) is 20.5 Å². The Balaban J connectivity index is 2.33. The van der Waals surface area contributed by atoms with E-state index in [4.69, 9.17) is 21.1 Å². The van der Waals surface area contributed by atoms with Crippen LogP contribution in [0, 0.1) is 0 Å². The average molecular weight is 469 g/mol. The second-order valence-electron chi connectivity index (χ2n) is 5.72. The van der Waals surface area contributed by atoms with E-state index in [-0.39, 0.29) is 5.70 Å². The third-order valence-corrected chi connectivity index (χ3v) is 4.32. The van der Waals surface area contributed by atoms with Gasteiger partial charge in [-0.3, -0.25) is 4.79 Å². The number of carbonyl (C=O) groups is 2. The minimum atomic E-state index is -1.24. The van der Waals surface area contributed by atoms with E-state index in [1.54, 1.807) is 24.3 Å². The summed E-state index contributed by atoms with van der Waals surface area (Å²) in [4.78, 5) is 22.5. The molecule has 0 saturated heterocycles. The number of amides is 1. The lowest BCUT2D eigenvalue weighted by Gasteiger charge is -2.15. The Bertz CT molecular complexity index is 896. The van der Waals surface area contributed by atoms with Crippen LogP contribution in [0.4, 0.5) is 0 Å². The number of carboxylic acid groups (broad SMARTS) is 1. The van der Waals surface area contributed by atoms with Crippen LogP contribution in [-0.2, 0) is 16.2 Å². The maximum absolute atomic E-state index is 11.3. The molecule has 2 aromatic carbocycles. The van der Waals surface area contributed by atoms with E-state index in [9.17, 15) is 14.7 Å². The lowest BCUT2D eigenvalue weighted by atomic mass is 10.1. The van der Waals surface area contributed by atoms with E-state index in [0.29, 0.717) is 39.8 Å². The summed E-state index contributed by atoms with van der Waals surface area (Å²) in [6, 6.07) is 10.6. The highest BCUT2D eigenvalue weighted by Gasteiger charge is 2.14. The van der Waals surface area contributed by atoms with Gasteiger partial charge in [0, 0.05) is 11.9 Å². The fourth-order valence-corrected chi connectivity index (χ4v) is 3.02. The first-order valence-corrected chi connectivity index (χ1v) is 9.53. The second-order valence-corrected chi connectivity index (χ2v) is 7.01. The van der Waals surface area contributed by atoms with Crippen LogP contribution in [0.2, 0.25) is 5.02 Å². The van der Waals surface area contributed by atoms with Crippen molar-refractivity contribution in [1.82, 2.24) is 5.32 Å². The summed E-state index contributed by atoms with van der Waals surface area (Å²) in [5.74, 6) is -0.775. The number of carboxylic acids is 1. The van der Waals surface area contributed by atoms with Gasteiger partial charge in [-0.2, -0.15) is 0 Å². The normalized spacial score (nSPS) is 11.1. The standard InChI is InChI=1S/C20H19BrClNO5/c1-3-27-18-10-14(9-17(20(25)26)23-12(2)24)8-16(21)19(18)28-11-13-4-6-15(22)7-5-13/h4-10H,3,11H2,1-2H3,(H,23,24)(H,25,26). The summed E-state index contributed by atoms with van der Waals surface area (Å²) < 4.78 is 12.1. The summed E-state index contributed by atoms with van der Waals surface area (Å²) in [5.41, 5.74) is 1.22. The van der Waals surface area contributed by atoms with Gasteiger partial charge < -0.3 is 19.9 Å². The van der Waals surface area contributed by atoms with Crippen molar-refractivity contribution in [3.05, 3.63) is 62.7 Å². The maximum Gasteiger partial charge on any atom is 0.352 e. The van der Waals surface area contributed by atoms with Crippen LogP contribution in [-0.4, -0.2) is 23.6 Å². The zero-order chi connectivity index (χ0) is 20.7. The first kappa shape index (κ1) is 21.8. The van der Waals surface area contributed by atoms with Gasteiger partial charge in [0.1, 0.15) is 12.3 Å². The molecule has 0 heterocycles. The minimum Gasteiger partial charge on any atom is -0.490 e. The van der Waals surface area contributed by atoms with Gasteiger partial charge in [0.15, 0.2) is 11.5 Å². The fraction of sp³-hybridized carbons (Fsp3) is 0.200. The second kappa shape index (κ2) is 10.1. The molecule has 0 bridgehead atoms. The van der Waals surface area contributed by atoms with Gasteiger partial charge in [0.05, 0.1) is 11.1 Å². The highest BCUT2D eigenvalue weighted by Crippen LogP contribution is 2.38. The smallest absolute Gasteiger partial charge is 0.352 e. The molecule has 2 rings (SSSR count). The molecule has 0 aliphatic rings. The molecule has 8 heteroatoms. The molecule has 0 aromatic heterocycles. The van der Waals surface area contributed by atoms with Gasteiger partial charge in [-0.05, 0) is 64.3 Å². The molecule has 0 saturated carbocycles. The lowest BCUT2D eigenvalue weighted by Crippen LogP contribution is -2.24. The Kier molecular flexibility index (Phi) is 7.90. The molecular formula is C20H19BrClNO5. The minimum absolute atomic E-state index is 0.239. The Morgan fingerprint density at radius 3 is 2.46 bits per heavy atom. The van der Waals surface area contributed by atoms with Crippen molar-refractivity contribution in [3.63, 3.8) is 0 Å². The average Bonchev–Trinajstić information content (AvgIpc) is 2.62. The molecule has 0 atom stereocenters. The molecule has 0 spiro atoms. The first-order chi connectivity index (χ1) is 13.3. The predicted molar refractivity (Wildman–Crippen MR) is 111 cm³/mol. The Hall–Kier alpha value is -2.51. The molecule has 0 aliphatic carbocycles. The van der Waals surface area contributed by atoms with Crippen LogP contribution >= 0.6 is 27.5 Å². The highest BCUT2D eigenvalue weighted by atomic mass is 79.9. The van der Waals surface area contributed by atoms with Gasteiger partial charge >= 0.3 is 5.97 Å². The van der Waals surface area contributed by atoms with Crippen molar-refractivity contribution < 1.29 is 24.2 Å². The molecule has 1 amide bonds. The number of hydrogen-bond donors (Lipinski definition) is 2. The number of rotatable bonds is 8. The highest BCUT2D eigenvalue weighted by molar-refractivity contribution is 9.10. The van der Waals surface area contributed by atoms with Crippen LogP contribution in [0.1, 0.15) is 25.0 Å². The zero-order valence-corrected chi connectivity index (χ0v) is 17.6. The van der Waals surface area contributed by atoms with E-state index in [1.807, 2.05) is 19.1 Å². The summed E-state index contributed by atoms with van der Waals surface area (Å²) in [6.07, 6.45) is 1.35. The van der Waals surface area contributed by atoms with Crippen molar-refractivity contribution >= 4 is 45.5 Å². The zero-order valence-electron chi connectivity index (χ0n) is 15.3. The summed E-state index contributed by atoms with van der Waals surface area (Å²) in [7, 11) is 0. The van der Waals surface area contributed by atoms with E-state index in [2.05, 4.69) is 21.2 Å². The number of nitrogens with one attached hydrogen (secondary N) is 1. The lowest BCUT2D eigenvalue weighted by molar-refractivity contribution is -0.134. The molecule has 0 aliphatic heterocycles. The summed E-state index contributed by atoms with van der Waals surface area (Å²) in [6.45, 7) is 3.77. The van der Waals surface area contributed by atoms with Crippen LogP contribution in [0.5, 0.6) is 11.5 Å². The van der Waals surface area contributed by atoms with Crippen LogP contribution in [0.15, 0.2) is 46.6 Å². The van der Waals surface area contributed by atoms with Crippen LogP contribution in [0.3, 0.4) is 0 Å². The number of carbonyl (C=O) groups excluding carboxylic acids is 1. The van der Waals surface area contributed by atoms with Gasteiger partial charge in [-0.25, -0.2) is 4.79 Å². The van der Waals surface area contributed by atoms with E-state index in [0.717, 1.165) is 5.56 Å². The number of ether oxygens (including phenoxy) is 2. The number of aliphatic carboxylic acids is 1. The molecule has 0 fully saturated rings.